The van der Waals surface area contributed by atoms with Crippen LogP contribution in [-0.4, -0.2) is 88.8 Å². The van der Waals surface area contributed by atoms with Gasteiger partial charge in [-0.1, -0.05) is 0 Å². The molecule has 7 heteroatoms. The molecule has 7 nitrogen and oxygen atoms in total. The molecule has 1 heterocycles. The lowest BCUT2D eigenvalue weighted by molar-refractivity contribution is -0.138. The van der Waals surface area contributed by atoms with Gasteiger partial charge in [0.15, 0.2) is 0 Å². The van der Waals surface area contributed by atoms with Crippen molar-refractivity contribution in [1.29, 1.82) is 0 Å². The van der Waals surface area contributed by atoms with Crippen LogP contribution in [0, 0.1) is 0 Å². The summed E-state index contributed by atoms with van der Waals surface area (Å²) >= 11 is 0. The number of aliphatic carboxylic acids is 1. The molecule has 0 aromatic carbocycles. The Balaban J connectivity index is 2.61. The number of aliphatic hydroxyl groups is 1. The fraction of sp³-hybridized carbons (Fsp3) is 0.857. The molecule has 1 aliphatic heterocycles. The standard InChI is InChI=1S/C14H27N3O4/c1-3-17(12(2)11-13(19)20)14(21)16-6-4-5-15(7-8-16)9-10-18/h12,18H,3-11H2,1-2H3,(H,19,20). The van der Waals surface area contributed by atoms with Gasteiger partial charge in [0.25, 0.3) is 0 Å². The Bertz CT molecular complexity index is 351. The zero-order valence-corrected chi connectivity index (χ0v) is 13.0. The van der Waals surface area contributed by atoms with E-state index in [2.05, 4.69) is 4.90 Å². The van der Waals surface area contributed by atoms with Gasteiger partial charge < -0.3 is 20.0 Å². The molecule has 1 unspecified atom stereocenters. The van der Waals surface area contributed by atoms with Gasteiger partial charge in [-0.25, -0.2) is 4.79 Å². The number of β-amino-alcohol motifs (C(OH)–C–C–N with tert-alkyl or cyclic N) is 1. The average molecular weight is 301 g/mol. The summed E-state index contributed by atoms with van der Waals surface area (Å²) in [4.78, 5) is 28.9. The van der Waals surface area contributed by atoms with E-state index in [4.69, 9.17) is 10.2 Å². The zero-order chi connectivity index (χ0) is 15.8. The second-order valence-corrected chi connectivity index (χ2v) is 5.42. The molecule has 0 saturated carbocycles. The zero-order valence-electron chi connectivity index (χ0n) is 13.0. The van der Waals surface area contributed by atoms with Crippen LogP contribution in [0.15, 0.2) is 0 Å². The van der Waals surface area contributed by atoms with Gasteiger partial charge in [-0.2, -0.15) is 0 Å². The molecular formula is C14H27N3O4. The Morgan fingerprint density at radius 3 is 2.52 bits per heavy atom. The number of amides is 2. The fourth-order valence-corrected chi connectivity index (χ4v) is 2.71. The van der Waals surface area contributed by atoms with E-state index in [1.54, 1.807) is 16.7 Å². The SMILES string of the molecule is CCN(C(=O)N1CCCN(CCO)CC1)C(C)CC(=O)O. The average Bonchev–Trinajstić information content (AvgIpc) is 2.64. The van der Waals surface area contributed by atoms with Crippen LogP contribution >= 0.6 is 0 Å². The van der Waals surface area contributed by atoms with Gasteiger partial charge in [0.05, 0.1) is 13.0 Å². The van der Waals surface area contributed by atoms with Crippen molar-refractivity contribution in [2.75, 3.05) is 45.9 Å². The van der Waals surface area contributed by atoms with Crippen molar-refractivity contribution in [2.45, 2.75) is 32.7 Å². The molecule has 1 fully saturated rings. The first-order chi connectivity index (χ1) is 9.99. The van der Waals surface area contributed by atoms with Crippen molar-refractivity contribution < 1.29 is 19.8 Å². The fourth-order valence-electron chi connectivity index (χ4n) is 2.71. The minimum absolute atomic E-state index is 0.0376. The van der Waals surface area contributed by atoms with Gasteiger partial charge in [-0.15, -0.1) is 0 Å². The van der Waals surface area contributed by atoms with Crippen LogP contribution in [-0.2, 0) is 4.79 Å². The van der Waals surface area contributed by atoms with Crippen LogP contribution < -0.4 is 0 Å². The molecule has 0 aromatic heterocycles. The molecule has 0 radical (unpaired) electrons. The van der Waals surface area contributed by atoms with E-state index in [0.717, 1.165) is 19.5 Å². The molecular weight excluding hydrogens is 274 g/mol. The maximum atomic E-state index is 12.6. The highest BCUT2D eigenvalue weighted by molar-refractivity contribution is 5.76. The van der Waals surface area contributed by atoms with E-state index in [0.29, 0.717) is 26.2 Å². The molecule has 2 N–H and O–H groups in total. The third-order valence-corrected chi connectivity index (χ3v) is 3.86. The number of carbonyl (C=O) groups excluding carboxylic acids is 1. The molecule has 0 spiro atoms. The van der Waals surface area contributed by atoms with Crippen molar-refractivity contribution in [3.63, 3.8) is 0 Å². The number of carboxylic acids is 1. The molecule has 122 valence electrons. The Labute approximate surface area is 126 Å². The highest BCUT2D eigenvalue weighted by Gasteiger charge is 2.26. The Kier molecular flexibility index (Phi) is 7.45. The van der Waals surface area contributed by atoms with Gasteiger partial charge >= 0.3 is 12.0 Å². The van der Waals surface area contributed by atoms with Crippen molar-refractivity contribution >= 4 is 12.0 Å². The maximum absolute atomic E-state index is 12.6. The summed E-state index contributed by atoms with van der Waals surface area (Å²) in [7, 11) is 0. The highest BCUT2D eigenvalue weighted by atomic mass is 16.4. The maximum Gasteiger partial charge on any atom is 0.320 e. The molecule has 1 aliphatic rings. The van der Waals surface area contributed by atoms with Crippen LogP contribution in [0.1, 0.15) is 26.7 Å². The summed E-state index contributed by atoms with van der Waals surface area (Å²) in [6.07, 6.45) is 0.834. The van der Waals surface area contributed by atoms with Gasteiger partial charge in [0, 0.05) is 38.8 Å². The Hall–Kier alpha value is -1.34. The van der Waals surface area contributed by atoms with Crippen molar-refractivity contribution in [2.24, 2.45) is 0 Å². The van der Waals surface area contributed by atoms with Crippen molar-refractivity contribution in [3.8, 4) is 0 Å². The summed E-state index contributed by atoms with van der Waals surface area (Å²) in [5, 5.41) is 17.9. The third-order valence-electron chi connectivity index (χ3n) is 3.86. The summed E-state index contributed by atoms with van der Waals surface area (Å²) < 4.78 is 0. The quantitative estimate of drug-likeness (QED) is 0.737. The minimum atomic E-state index is -0.890. The van der Waals surface area contributed by atoms with E-state index >= 15 is 0 Å². The summed E-state index contributed by atoms with van der Waals surface area (Å²) in [5.74, 6) is -0.890. The van der Waals surface area contributed by atoms with Crippen molar-refractivity contribution in [3.05, 3.63) is 0 Å². The van der Waals surface area contributed by atoms with Gasteiger partial charge in [0.1, 0.15) is 0 Å². The van der Waals surface area contributed by atoms with Crippen molar-refractivity contribution in [1.82, 2.24) is 14.7 Å². The molecule has 0 aromatic rings. The number of urea groups is 1. The monoisotopic (exact) mass is 301 g/mol. The van der Waals surface area contributed by atoms with Crippen LogP contribution in [0.5, 0.6) is 0 Å². The van der Waals surface area contributed by atoms with Gasteiger partial charge in [-0.3, -0.25) is 9.69 Å². The summed E-state index contributed by atoms with van der Waals surface area (Å²) in [6, 6.07) is -0.395. The first-order valence-corrected chi connectivity index (χ1v) is 7.60. The molecule has 1 rings (SSSR count). The molecule has 2 amide bonds. The van der Waals surface area contributed by atoms with E-state index in [1.165, 1.54) is 0 Å². The lowest BCUT2D eigenvalue weighted by Gasteiger charge is -2.33. The van der Waals surface area contributed by atoms with E-state index in [1.807, 2.05) is 6.92 Å². The Morgan fingerprint density at radius 1 is 1.24 bits per heavy atom. The Morgan fingerprint density at radius 2 is 1.95 bits per heavy atom. The second-order valence-electron chi connectivity index (χ2n) is 5.42. The number of aliphatic hydroxyl groups excluding tert-OH is 1. The van der Waals surface area contributed by atoms with Gasteiger partial charge in [-0.05, 0) is 26.8 Å². The lowest BCUT2D eigenvalue weighted by atomic mass is 10.2. The first kappa shape index (κ1) is 17.7. The predicted molar refractivity (Wildman–Crippen MR) is 79.2 cm³/mol. The van der Waals surface area contributed by atoms with Gasteiger partial charge in [0.2, 0.25) is 0 Å². The number of carbonyl (C=O) groups is 2. The van der Waals surface area contributed by atoms with E-state index in [9.17, 15) is 9.59 Å². The lowest BCUT2D eigenvalue weighted by Crippen LogP contribution is -2.48. The number of nitrogens with zero attached hydrogens (tertiary/aromatic N) is 3. The van der Waals surface area contributed by atoms with Crippen LogP contribution in [0.25, 0.3) is 0 Å². The molecule has 0 aliphatic carbocycles. The van der Waals surface area contributed by atoms with Crippen LogP contribution in [0.4, 0.5) is 4.79 Å². The number of hydrogen-bond donors (Lipinski definition) is 2. The molecule has 0 bridgehead atoms. The van der Waals surface area contributed by atoms with Crippen LogP contribution in [0.2, 0.25) is 0 Å². The smallest absolute Gasteiger partial charge is 0.320 e. The first-order valence-electron chi connectivity index (χ1n) is 7.60. The number of carboxylic acid groups (broad SMARTS) is 1. The largest absolute Gasteiger partial charge is 0.481 e. The third kappa shape index (κ3) is 5.51. The molecule has 1 atom stereocenters. The summed E-state index contributed by atoms with van der Waals surface area (Å²) in [6.45, 7) is 7.83. The molecule has 21 heavy (non-hydrogen) atoms. The minimum Gasteiger partial charge on any atom is -0.481 e. The second kappa shape index (κ2) is 8.84. The number of rotatable bonds is 6. The molecule has 1 saturated heterocycles. The number of hydrogen-bond acceptors (Lipinski definition) is 4. The van der Waals surface area contributed by atoms with E-state index < -0.39 is 5.97 Å². The normalized spacial score (nSPS) is 18.1. The van der Waals surface area contributed by atoms with E-state index in [-0.39, 0.29) is 25.1 Å². The highest BCUT2D eigenvalue weighted by Crippen LogP contribution is 2.11. The predicted octanol–water partition coefficient (Wildman–Crippen LogP) is 0.292. The topological polar surface area (TPSA) is 84.3 Å². The van der Waals surface area contributed by atoms with Crippen LogP contribution in [0.3, 0.4) is 0 Å². The summed E-state index contributed by atoms with van der Waals surface area (Å²) in [5.41, 5.74) is 0.